The maximum absolute atomic E-state index is 14.3. The van der Waals surface area contributed by atoms with Gasteiger partial charge in [-0.05, 0) is 87.8 Å². The number of rotatable bonds is 14. The number of nitrogens with one attached hydrogen (secondary N) is 4. The third-order valence-corrected chi connectivity index (χ3v) is 9.54. The molecule has 6 N–H and O–H groups in total. The number of urea groups is 2. The summed E-state index contributed by atoms with van der Waals surface area (Å²) in [5.41, 5.74) is 4.92. The third kappa shape index (κ3) is 12.1. The van der Waals surface area contributed by atoms with Crippen molar-refractivity contribution in [3.63, 3.8) is 0 Å². The quantitative estimate of drug-likeness (QED) is 0.0878. The summed E-state index contributed by atoms with van der Waals surface area (Å²) in [5, 5.41) is 35.4. The molecule has 4 aromatic carbocycles. The largest absolute Gasteiger partial charge is 0.448 e. The van der Waals surface area contributed by atoms with Crippen molar-refractivity contribution in [3.05, 3.63) is 131 Å². The van der Waals surface area contributed by atoms with Gasteiger partial charge in [0.2, 0.25) is 0 Å². The van der Waals surface area contributed by atoms with Gasteiger partial charge < -0.3 is 41.1 Å². The van der Waals surface area contributed by atoms with Crippen LogP contribution < -0.4 is 21.3 Å². The topological polar surface area (TPSA) is 152 Å². The van der Waals surface area contributed by atoms with Gasteiger partial charge in [0.25, 0.3) is 0 Å². The average molecular weight is 764 g/mol. The number of carbonyl (C=O) groups excluding carboxylic acids is 3. The van der Waals surface area contributed by atoms with Crippen molar-refractivity contribution in [3.8, 4) is 11.1 Å². The van der Waals surface area contributed by atoms with Crippen LogP contribution in [0.25, 0.3) is 11.1 Å². The molecule has 5 amide bonds. The Labute approximate surface area is 330 Å². The van der Waals surface area contributed by atoms with E-state index in [-0.39, 0.29) is 38.5 Å². The van der Waals surface area contributed by atoms with Crippen LogP contribution in [0.4, 0.5) is 14.4 Å². The molecule has 0 fully saturated rings. The standard InChI is InChI=1S/C45H57N5O6/c1-44(2,3)48-41(53)46-37(25-30-17-9-7-10-18-30)39(51)27-50(28-40(52)38(26-31-19-11-8-12-20-31)47-42(54)49-45(4,5)6)43(55)56-29-36-34-23-15-13-21-32(34)33-22-14-16-24-35(33)36/h7-24,36-40,51-52H,25-29H2,1-6H3,(H2,46,48,53)(H2,47,49,54)/t37?,38?,39-,40+. The van der Waals surface area contributed by atoms with Crippen LogP contribution in [0.2, 0.25) is 0 Å². The van der Waals surface area contributed by atoms with Gasteiger partial charge in [-0.3, -0.25) is 0 Å². The van der Waals surface area contributed by atoms with Gasteiger partial charge in [0, 0.05) is 17.0 Å². The van der Waals surface area contributed by atoms with Crippen molar-refractivity contribution in [1.82, 2.24) is 26.2 Å². The molecule has 11 heteroatoms. The Kier molecular flexibility index (Phi) is 13.8. The first-order valence-corrected chi connectivity index (χ1v) is 19.3. The molecular weight excluding hydrogens is 707 g/mol. The average Bonchev–Trinajstić information content (AvgIpc) is 3.45. The zero-order chi connectivity index (χ0) is 40.5. The molecule has 11 nitrogen and oxygen atoms in total. The lowest BCUT2D eigenvalue weighted by Gasteiger charge is -2.34. The number of aliphatic hydroxyl groups excluding tert-OH is 2. The van der Waals surface area contributed by atoms with Crippen molar-refractivity contribution < 1.29 is 29.3 Å². The van der Waals surface area contributed by atoms with Crippen LogP contribution in [0.1, 0.15) is 69.7 Å². The highest BCUT2D eigenvalue weighted by atomic mass is 16.6. The lowest BCUT2D eigenvalue weighted by molar-refractivity contribution is 0.0293. The Bertz CT molecular complexity index is 1780. The first-order chi connectivity index (χ1) is 26.6. The van der Waals surface area contributed by atoms with E-state index in [9.17, 15) is 24.6 Å². The molecule has 0 saturated heterocycles. The van der Waals surface area contributed by atoms with E-state index < -0.39 is 53.5 Å². The molecule has 2 unspecified atom stereocenters. The molecule has 1 aliphatic rings. The van der Waals surface area contributed by atoms with Gasteiger partial charge in [-0.2, -0.15) is 0 Å². The highest BCUT2D eigenvalue weighted by molar-refractivity contribution is 5.79. The van der Waals surface area contributed by atoms with Crippen LogP contribution >= 0.6 is 0 Å². The van der Waals surface area contributed by atoms with Crippen molar-refractivity contribution >= 4 is 18.2 Å². The number of hydrogen-bond acceptors (Lipinski definition) is 6. The van der Waals surface area contributed by atoms with Gasteiger partial charge in [0.1, 0.15) is 6.61 Å². The van der Waals surface area contributed by atoms with E-state index in [1.165, 1.54) is 4.90 Å². The van der Waals surface area contributed by atoms with Crippen LogP contribution in [-0.4, -0.2) is 88.3 Å². The first kappa shape index (κ1) is 41.8. The summed E-state index contributed by atoms with van der Waals surface area (Å²) in [6, 6.07) is 32.4. The van der Waals surface area contributed by atoms with Gasteiger partial charge in [-0.15, -0.1) is 0 Å². The van der Waals surface area contributed by atoms with Crippen LogP contribution in [0.5, 0.6) is 0 Å². The molecule has 298 valence electrons. The van der Waals surface area contributed by atoms with Gasteiger partial charge in [0.15, 0.2) is 0 Å². The summed E-state index contributed by atoms with van der Waals surface area (Å²) in [5.74, 6) is -0.217. The van der Waals surface area contributed by atoms with Crippen LogP contribution in [0.3, 0.4) is 0 Å². The fraction of sp³-hybridized carbons (Fsp3) is 0.400. The summed E-state index contributed by atoms with van der Waals surface area (Å²) < 4.78 is 6.06. The number of carbonyl (C=O) groups is 3. The molecule has 4 atom stereocenters. The van der Waals surface area contributed by atoms with E-state index in [0.717, 1.165) is 33.4 Å². The van der Waals surface area contributed by atoms with Crippen molar-refractivity contribution in [2.24, 2.45) is 0 Å². The van der Waals surface area contributed by atoms with E-state index in [4.69, 9.17) is 4.74 Å². The number of aliphatic hydroxyl groups is 2. The van der Waals surface area contributed by atoms with E-state index in [2.05, 4.69) is 33.4 Å². The van der Waals surface area contributed by atoms with E-state index >= 15 is 0 Å². The van der Waals surface area contributed by atoms with Gasteiger partial charge >= 0.3 is 18.2 Å². The van der Waals surface area contributed by atoms with Crippen LogP contribution in [-0.2, 0) is 17.6 Å². The van der Waals surface area contributed by atoms with E-state index in [1.807, 2.05) is 139 Å². The highest BCUT2D eigenvalue weighted by Gasteiger charge is 2.34. The lowest BCUT2D eigenvalue weighted by atomic mass is 9.98. The summed E-state index contributed by atoms with van der Waals surface area (Å²) in [4.78, 5) is 41.8. The SMILES string of the molecule is CC(C)(C)NC(=O)NC(Cc1ccccc1)[C@H](O)CN(C[C@H](O)C(Cc1ccccc1)NC(=O)NC(C)(C)C)C(=O)OCC1c2ccccc2-c2ccccc21. The van der Waals surface area contributed by atoms with Gasteiger partial charge in [0.05, 0.1) is 37.4 Å². The summed E-state index contributed by atoms with van der Waals surface area (Å²) >= 11 is 0. The molecular formula is C45H57N5O6. The summed E-state index contributed by atoms with van der Waals surface area (Å²) in [6.07, 6.45) is -2.77. The predicted octanol–water partition coefficient (Wildman–Crippen LogP) is 6.38. The second-order valence-corrected chi connectivity index (χ2v) is 16.6. The normalized spacial score (nSPS) is 14.6. The Morgan fingerprint density at radius 3 is 1.38 bits per heavy atom. The minimum atomic E-state index is -1.28. The number of hydrogen-bond donors (Lipinski definition) is 6. The predicted molar refractivity (Wildman–Crippen MR) is 219 cm³/mol. The molecule has 0 aliphatic heterocycles. The smallest absolute Gasteiger partial charge is 0.409 e. The molecule has 0 bridgehead atoms. The van der Waals surface area contributed by atoms with Gasteiger partial charge in [-0.25, -0.2) is 14.4 Å². The fourth-order valence-electron chi connectivity index (χ4n) is 7.01. The Balaban J connectivity index is 1.42. The molecule has 5 rings (SSSR count). The maximum Gasteiger partial charge on any atom is 0.409 e. The number of fused-ring (bicyclic) bond motifs is 3. The van der Waals surface area contributed by atoms with Gasteiger partial charge in [-0.1, -0.05) is 109 Å². The second kappa shape index (κ2) is 18.5. The van der Waals surface area contributed by atoms with Crippen molar-refractivity contribution in [2.75, 3.05) is 19.7 Å². The van der Waals surface area contributed by atoms with Crippen LogP contribution in [0.15, 0.2) is 109 Å². The fourth-order valence-corrected chi connectivity index (χ4v) is 7.01. The number of ether oxygens (including phenoxy) is 1. The maximum atomic E-state index is 14.3. The van der Waals surface area contributed by atoms with Crippen LogP contribution in [0, 0.1) is 0 Å². The zero-order valence-electron chi connectivity index (χ0n) is 33.3. The molecule has 56 heavy (non-hydrogen) atoms. The van der Waals surface area contributed by atoms with Crippen molar-refractivity contribution in [2.45, 2.75) is 95.7 Å². The Morgan fingerprint density at radius 1 is 0.607 bits per heavy atom. The zero-order valence-corrected chi connectivity index (χ0v) is 33.3. The van der Waals surface area contributed by atoms with E-state index in [1.54, 1.807) is 0 Å². The van der Waals surface area contributed by atoms with Crippen molar-refractivity contribution in [1.29, 1.82) is 0 Å². The summed E-state index contributed by atoms with van der Waals surface area (Å²) in [7, 11) is 0. The molecule has 4 aromatic rings. The molecule has 0 saturated carbocycles. The lowest BCUT2D eigenvalue weighted by Crippen LogP contribution is -2.58. The number of benzene rings is 4. The summed E-state index contributed by atoms with van der Waals surface area (Å²) in [6.45, 7) is 10.6. The molecule has 1 aliphatic carbocycles. The third-order valence-electron chi connectivity index (χ3n) is 9.54. The second-order valence-electron chi connectivity index (χ2n) is 16.6. The molecule has 0 heterocycles. The van der Waals surface area contributed by atoms with E-state index in [0.29, 0.717) is 0 Å². The Morgan fingerprint density at radius 2 is 0.982 bits per heavy atom. The number of amides is 5. The monoisotopic (exact) mass is 763 g/mol. The highest BCUT2D eigenvalue weighted by Crippen LogP contribution is 2.44. The molecule has 0 spiro atoms. The minimum absolute atomic E-state index is 0.0227. The first-order valence-electron chi connectivity index (χ1n) is 19.3. The number of nitrogens with zero attached hydrogens (tertiary/aromatic N) is 1. The Hall–Kier alpha value is -5.39. The minimum Gasteiger partial charge on any atom is -0.448 e. The molecule has 0 aromatic heterocycles. The molecule has 0 radical (unpaired) electrons.